The van der Waals surface area contributed by atoms with Crippen molar-refractivity contribution in [2.75, 3.05) is 0 Å². The molecule has 0 N–H and O–H groups in total. The summed E-state index contributed by atoms with van der Waals surface area (Å²) in [4.78, 5) is 2.52. The van der Waals surface area contributed by atoms with Crippen molar-refractivity contribution in [3.05, 3.63) is 23.4 Å². The maximum atomic E-state index is 12.7. The summed E-state index contributed by atoms with van der Waals surface area (Å²) in [7, 11) is 0. The molecule has 15 heavy (non-hydrogen) atoms. The molecule has 0 atom stereocenters. The third kappa shape index (κ3) is 2.77. The second kappa shape index (κ2) is 3.68. The van der Waals surface area contributed by atoms with Gasteiger partial charge >= 0.3 is 6.36 Å². The molecule has 0 amide bonds. The van der Waals surface area contributed by atoms with Gasteiger partial charge in [0.05, 0.1) is 0 Å². The van der Waals surface area contributed by atoms with Crippen LogP contribution in [0, 0.1) is 23.1 Å². The van der Waals surface area contributed by atoms with Gasteiger partial charge in [0.2, 0.25) is 5.95 Å². The predicted molar refractivity (Wildman–Crippen MR) is 35.6 cm³/mol. The number of nitriles is 1. The third-order valence-electron chi connectivity index (χ3n) is 1.23. The Kier molecular flexibility index (Phi) is 2.74. The second-order valence-electron chi connectivity index (χ2n) is 2.27. The van der Waals surface area contributed by atoms with Crippen LogP contribution >= 0.6 is 0 Å². The molecule has 80 valence electrons. The molecule has 3 nitrogen and oxygen atoms in total. The van der Waals surface area contributed by atoms with Gasteiger partial charge < -0.3 is 4.74 Å². The van der Waals surface area contributed by atoms with Crippen LogP contribution in [0.5, 0.6) is 5.88 Å². The molecular formula is C7HF5N2O. The van der Waals surface area contributed by atoms with E-state index in [0.29, 0.717) is 0 Å². The van der Waals surface area contributed by atoms with Gasteiger partial charge in [0, 0.05) is 6.07 Å². The predicted octanol–water partition coefficient (Wildman–Crippen LogP) is 2.13. The van der Waals surface area contributed by atoms with Crippen LogP contribution in [0.3, 0.4) is 0 Å². The van der Waals surface area contributed by atoms with Crippen LogP contribution < -0.4 is 4.74 Å². The average Bonchev–Trinajstić information content (AvgIpc) is 2.08. The largest absolute Gasteiger partial charge is 0.574 e. The number of rotatable bonds is 1. The van der Waals surface area contributed by atoms with E-state index in [1.54, 1.807) is 0 Å². The second-order valence-corrected chi connectivity index (χ2v) is 2.27. The highest BCUT2D eigenvalue weighted by Crippen LogP contribution is 2.24. The smallest absolute Gasteiger partial charge is 0.385 e. The van der Waals surface area contributed by atoms with Crippen LogP contribution in [0.15, 0.2) is 6.07 Å². The molecule has 0 saturated heterocycles. The zero-order valence-electron chi connectivity index (χ0n) is 6.77. The Hall–Kier alpha value is -1.91. The number of hydrogen-bond acceptors (Lipinski definition) is 3. The number of ether oxygens (including phenoxy) is 1. The average molecular weight is 224 g/mol. The van der Waals surface area contributed by atoms with Gasteiger partial charge in [0.1, 0.15) is 11.6 Å². The van der Waals surface area contributed by atoms with Crippen molar-refractivity contribution in [2.45, 2.75) is 6.36 Å². The van der Waals surface area contributed by atoms with E-state index in [1.165, 1.54) is 6.07 Å². The van der Waals surface area contributed by atoms with Crippen molar-refractivity contribution in [3.63, 3.8) is 0 Å². The highest BCUT2D eigenvalue weighted by Gasteiger charge is 2.33. The lowest BCUT2D eigenvalue weighted by molar-refractivity contribution is -0.277. The number of alkyl halides is 3. The molecule has 1 aromatic heterocycles. The van der Waals surface area contributed by atoms with Gasteiger partial charge in [-0.15, -0.1) is 13.2 Å². The number of nitrogens with zero attached hydrogens (tertiary/aromatic N) is 2. The summed E-state index contributed by atoms with van der Waals surface area (Å²) in [6.45, 7) is 0. The van der Waals surface area contributed by atoms with Crippen molar-refractivity contribution in [3.8, 4) is 11.9 Å². The van der Waals surface area contributed by atoms with Crippen molar-refractivity contribution in [1.29, 1.82) is 5.26 Å². The number of pyridine rings is 1. The molecular weight excluding hydrogens is 223 g/mol. The summed E-state index contributed by atoms with van der Waals surface area (Å²) in [5.74, 6) is -4.65. The summed E-state index contributed by atoms with van der Waals surface area (Å²) in [5, 5.41) is 8.21. The molecule has 0 aliphatic carbocycles. The highest BCUT2D eigenvalue weighted by molar-refractivity contribution is 5.31. The topological polar surface area (TPSA) is 45.9 Å². The monoisotopic (exact) mass is 224 g/mol. The number of hydrogen-bond donors (Lipinski definition) is 0. The molecule has 0 aromatic carbocycles. The summed E-state index contributed by atoms with van der Waals surface area (Å²) in [6, 6.07) is 1.48. The van der Waals surface area contributed by atoms with E-state index in [2.05, 4.69) is 9.72 Å². The molecule has 1 heterocycles. The van der Waals surface area contributed by atoms with Gasteiger partial charge in [-0.25, -0.2) is 4.39 Å². The maximum absolute atomic E-state index is 12.7. The first-order chi connectivity index (χ1) is 6.83. The Balaban J connectivity index is 3.13. The first kappa shape index (κ1) is 11.2. The summed E-state index contributed by atoms with van der Waals surface area (Å²) < 4.78 is 63.3. The Morgan fingerprint density at radius 3 is 2.40 bits per heavy atom. The van der Waals surface area contributed by atoms with Crippen molar-refractivity contribution in [2.24, 2.45) is 0 Å². The van der Waals surface area contributed by atoms with E-state index < -0.39 is 29.6 Å². The normalized spacial score (nSPS) is 10.9. The van der Waals surface area contributed by atoms with Crippen LogP contribution in [0.2, 0.25) is 0 Å². The Morgan fingerprint density at radius 2 is 1.93 bits per heavy atom. The lowest BCUT2D eigenvalue weighted by atomic mass is 10.3. The minimum Gasteiger partial charge on any atom is -0.385 e. The van der Waals surface area contributed by atoms with Gasteiger partial charge in [-0.3, -0.25) is 0 Å². The molecule has 0 aliphatic rings. The molecule has 0 aliphatic heterocycles. The first-order valence-electron chi connectivity index (χ1n) is 3.35. The zero-order chi connectivity index (χ0) is 11.6. The lowest BCUT2D eigenvalue weighted by Crippen LogP contribution is -2.19. The molecule has 0 bridgehead atoms. The highest BCUT2D eigenvalue weighted by atomic mass is 19.4. The minimum atomic E-state index is -5.17. The van der Waals surface area contributed by atoms with Crippen LogP contribution in [0.1, 0.15) is 5.56 Å². The lowest BCUT2D eigenvalue weighted by Gasteiger charge is -2.08. The molecule has 0 unspecified atom stereocenters. The number of aromatic nitrogens is 1. The van der Waals surface area contributed by atoms with E-state index in [9.17, 15) is 22.0 Å². The number of halogens is 5. The standard InChI is InChI=1S/C7HF5N2O/c8-4-1-3(2-13)5(9)14-6(4)15-7(10,11)12/h1H. The summed E-state index contributed by atoms with van der Waals surface area (Å²) >= 11 is 0. The quantitative estimate of drug-likeness (QED) is 0.542. The minimum absolute atomic E-state index is 0.267. The van der Waals surface area contributed by atoms with Gasteiger partial charge in [-0.05, 0) is 0 Å². The van der Waals surface area contributed by atoms with Crippen LogP contribution in [0.25, 0.3) is 0 Å². The molecule has 0 saturated carbocycles. The fourth-order valence-electron chi connectivity index (χ4n) is 0.710. The van der Waals surface area contributed by atoms with E-state index in [0.717, 1.165) is 0 Å². The van der Waals surface area contributed by atoms with E-state index >= 15 is 0 Å². The molecule has 1 rings (SSSR count). The molecule has 0 spiro atoms. The molecule has 1 aromatic rings. The Morgan fingerprint density at radius 1 is 1.33 bits per heavy atom. The Labute approximate surface area is 79.7 Å². The molecule has 0 radical (unpaired) electrons. The molecule has 8 heteroatoms. The van der Waals surface area contributed by atoms with Crippen LogP contribution in [-0.2, 0) is 0 Å². The van der Waals surface area contributed by atoms with Crippen molar-refractivity contribution >= 4 is 0 Å². The van der Waals surface area contributed by atoms with Crippen molar-refractivity contribution in [1.82, 2.24) is 4.98 Å². The van der Waals surface area contributed by atoms with Crippen LogP contribution in [-0.4, -0.2) is 11.3 Å². The first-order valence-corrected chi connectivity index (χ1v) is 3.35. The SMILES string of the molecule is N#Cc1cc(F)c(OC(F)(F)F)nc1F. The zero-order valence-corrected chi connectivity index (χ0v) is 6.77. The van der Waals surface area contributed by atoms with Crippen LogP contribution in [0.4, 0.5) is 22.0 Å². The van der Waals surface area contributed by atoms with Gasteiger partial charge in [-0.2, -0.15) is 14.6 Å². The van der Waals surface area contributed by atoms with Gasteiger partial charge in [0.15, 0.2) is 5.82 Å². The van der Waals surface area contributed by atoms with E-state index in [1.807, 2.05) is 0 Å². The maximum Gasteiger partial charge on any atom is 0.574 e. The van der Waals surface area contributed by atoms with Gasteiger partial charge in [-0.1, -0.05) is 0 Å². The Bertz CT molecular complexity index is 423. The fourth-order valence-corrected chi connectivity index (χ4v) is 0.710. The summed E-state index contributed by atoms with van der Waals surface area (Å²) in [5.41, 5.74) is -0.804. The fraction of sp³-hybridized carbons (Fsp3) is 0.143. The van der Waals surface area contributed by atoms with E-state index in [-0.39, 0.29) is 6.07 Å². The third-order valence-corrected chi connectivity index (χ3v) is 1.23. The van der Waals surface area contributed by atoms with Crippen molar-refractivity contribution < 1.29 is 26.7 Å². The molecule has 0 fully saturated rings. The van der Waals surface area contributed by atoms with E-state index in [4.69, 9.17) is 5.26 Å². The van der Waals surface area contributed by atoms with Gasteiger partial charge in [0.25, 0.3) is 5.88 Å². The summed E-state index contributed by atoms with van der Waals surface area (Å²) in [6.07, 6.45) is -5.17.